The van der Waals surface area contributed by atoms with Crippen molar-refractivity contribution in [1.29, 1.82) is 5.26 Å². The topological polar surface area (TPSA) is 65.8 Å². The number of halogens is 1. The maximum atomic E-state index is 12.0. The fourth-order valence-electron chi connectivity index (χ4n) is 2.34. The van der Waals surface area contributed by atoms with Crippen LogP contribution in [0.1, 0.15) is 5.56 Å². The Hall–Kier alpha value is -2.33. The molecule has 0 saturated carbocycles. The minimum atomic E-state index is -0.660. The Kier molecular flexibility index (Phi) is 6.63. The smallest absolute Gasteiger partial charge is 0.409 e. The molecule has 1 aliphatic rings. The fraction of sp³-hybridized carbons (Fsp3) is 0.500. The molecular formula is C16H20FN3O3. The summed E-state index contributed by atoms with van der Waals surface area (Å²) in [7, 11) is 0. The summed E-state index contributed by atoms with van der Waals surface area (Å²) >= 11 is 0. The maximum Gasteiger partial charge on any atom is 0.409 e. The minimum Gasteiger partial charge on any atom is -0.491 e. The molecule has 0 atom stereocenters. The van der Waals surface area contributed by atoms with Crippen molar-refractivity contribution in [3.63, 3.8) is 0 Å². The van der Waals surface area contributed by atoms with Crippen LogP contribution in [0.15, 0.2) is 24.3 Å². The van der Waals surface area contributed by atoms with Gasteiger partial charge in [0.15, 0.2) is 0 Å². The third-order valence-corrected chi connectivity index (χ3v) is 3.61. The van der Waals surface area contributed by atoms with E-state index in [9.17, 15) is 9.18 Å². The van der Waals surface area contributed by atoms with E-state index in [0.29, 0.717) is 50.6 Å². The molecule has 7 heteroatoms. The number of carbonyl (C=O) groups excluding carboxylic acids is 1. The molecule has 0 spiro atoms. The number of hydrogen-bond donors (Lipinski definition) is 0. The van der Waals surface area contributed by atoms with E-state index in [1.807, 2.05) is 6.07 Å². The molecule has 1 fully saturated rings. The van der Waals surface area contributed by atoms with Crippen molar-refractivity contribution in [1.82, 2.24) is 9.80 Å². The van der Waals surface area contributed by atoms with Crippen molar-refractivity contribution in [2.45, 2.75) is 0 Å². The molecule has 1 aromatic carbocycles. The summed E-state index contributed by atoms with van der Waals surface area (Å²) in [6.07, 6.45) is -0.457. The lowest BCUT2D eigenvalue weighted by molar-refractivity contribution is 0.0691. The van der Waals surface area contributed by atoms with Crippen LogP contribution in [0, 0.1) is 11.3 Å². The van der Waals surface area contributed by atoms with Gasteiger partial charge < -0.3 is 14.4 Å². The van der Waals surface area contributed by atoms with Gasteiger partial charge in [0.05, 0.1) is 5.56 Å². The highest BCUT2D eigenvalue weighted by Gasteiger charge is 2.21. The second-order valence-electron chi connectivity index (χ2n) is 5.09. The van der Waals surface area contributed by atoms with E-state index in [0.717, 1.165) is 0 Å². The molecule has 0 bridgehead atoms. The van der Waals surface area contributed by atoms with Crippen LogP contribution >= 0.6 is 0 Å². The lowest BCUT2D eigenvalue weighted by Crippen LogP contribution is -2.49. The quantitative estimate of drug-likeness (QED) is 0.797. The second-order valence-corrected chi connectivity index (χ2v) is 5.09. The predicted octanol–water partition coefficient (Wildman–Crippen LogP) is 1.66. The molecule has 0 N–H and O–H groups in total. The van der Waals surface area contributed by atoms with Gasteiger partial charge in [-0.15, -0.1) is 0 Å². The Morgan fingerprint density at radius 3 is 2.65 bits per heavy atom. The monoisotopic (exact) mass is 321 g/mol. The van der Waals surface area contributed by atoms with Crippen LogP contribution in [0.2, 0.25) is 0 Å². The average molecular weight is 321 g/mol. The Bertz CT molecular complexity index is 554. The Morgan fingerprint density at radius 2 is 1.96 bits per heavy atom. The first-order valence-corrected chi connectivity index (χ1v) is 7.56. The molecule has 1 amide bonds. The van der Waals surface area contributed by atoms with Crippen molar-refractivity contribution < 1.29 is 18.7 Å². The molecule has 2 rings (SSSR count). The average Bonchev–Trinajstić information content (AvgIpc) is 2.60. The molecular weight excluding hydrogens is 301 g/mol. The van der Waals surface area contributed by atoms with Gasteiger partial charge >= 0.3 is 6.09 Å². The van der Waals surface area contributed by atoms with Crippen LogP contribution in [-0.4, -0.2) is 68.5 Å². The number of nitrogens with zero attached hydrogens (tertiary/aromatic N) is 3. The van der Waals surface area contributed by atoms with E-state index in [-0.39, 0.29) is 6.61 Å². The number of amides is 1. The zero-order chi connectivity index (χ0) is 16.5. The standard InChI is InChI=1S/C16H20FN3O3/c17-5-11-23-16(21)20-8-6-19(7-9-20)10-12-22-15-4-2-1-3-14(15)13-18/h1-4H,5-12H2. The number of benzene rings is 1. The number of hydrogen-bond acceptors (Lipinski definition) is 5. The molecule has 0 radical (unpaired) electrons. The first-order valence-electron chi connectivity index (χ1n) is 7.56. The maximum absolute atomic E-state index is 12.0. The van der Waals surface area contributed by atoms with Gasteiger partial charge in [0, 0.05) is 32.7 Å². The largest absolute Gasteiger partial charge is 0.491 e. The van der Waals surface area contributed by atoms with E-state index < -0.39 is 12.8 Å². The van der Waals surface area contributed by atoms with Crippen LogP contribution < -0.4 is 4.74 Å². The van der Waals surface area contributed by atoms with Gasteiger partial charge in [-0.1, -0.05) is 12.1 Å². The van der Waals surface area contributed by atoms with Gasteiger partial charge in [-0.2, -0.15) is 5.26 Å². The van der Waals surface area contributed by atoms with Gasteiger partial charge in [-0.05, 0) is 12.1 Å². The molecule has 0 aliphatic carbocycles. The normalized spacial score (nSPS) is 15.0. The first-order chi connectivity index (χ1) is 11.2. The molecule has 0 aromatic heterocycles. The fourth-order valence-corrected chi connectivity index (χ4v) is 2.34. The summed E-state index contributed by atoms with van der Waals surface area (Å²) in [6.45, 7) is 2.89. The number of nitriles is 1. The Balaban J connectivity index is 1.69. The number of carbonyl (C=O) groups is 1. The third-order valence-electron chi connectivity index (χ3n) is 3.61. The molecule has 0 unspecified atom stereocenters. The van der Waals surface area contributed by atoms with Gasteiger partial charge in [0.1, 0.15) is 31.7 Å². The SMILES string of the molecule is N#Cc1ccccc1OCCN1CCN(C(=O)OCCF)CC1. The molecule has 1 aliphatic heterocycles. The van der Waals surface area contributed by atoms with E-state index in [1.54, 1.807) is 23.1 Å². The Labute approximate surface area is 135 Å². The highest BCUT2D eigenvalue weighted by atomic mass is 19.1. The van der Waals surface area contributed by atoms with Gasteiger partial charge in [0.2, 0.25) is 0 Å². The summed E-state index contributed by atoms with van der Waals surface area (Å²) < 4.78 is 22.4. The van der Waals surface area contributed by atoms with Crippen molar-refractivity contribution in [2.75, 3.05) is 52.6 Å². The second kappa shape index (κ2) is 8.96. The van der Waals surface area contributed by atoms with Gasteiger partial charge in [0.25, 0.3) is 0 Å². The van der Waals surface area contributed by atoms with E-state index in [2.05, 4.69) is 11.0 Å². The molecule has 6 nitrogen and oxygen atoms in total. The lowest BCUT2D eigenvalue weighted by Gasteiger charge is -2.33. The highest BCUT2D eigenvalue weighted by molar-refractivity contribution is 5.67. The predicted molar refractivity (Wildman–Crippen MR) is 82.0 cm³/mol. The van der Waals surface area contributed by atoms with Gasteiger partial charge in [-0.25, -0.2) is 9.18 Å². The molecule has 1 heterocycles. The highest BCUT2D eigenvalue weighted by Crippen LogP contribution is 2.16. The van der Waals surface area contributed by atoms with Gasteiger partial charge in [-0.3, -0.25) is 4.90 Å². The molecule has 23 heavy (non-hydrogen) atoms. The van der Waals surface area contributed by atoms with Crippen LogP contribution in [0.3, 0.4) is 0 Å². The number of ether oxygens (including phenoxy) is 2. The summed E-state index contributed by atoms with van der Waals surface area (Å²) in [6, 6.07) is 9.22. The third kappa shape index (κ3) is 5.11. The van der Waals surface area contributed by atoms with Crippen LogP contribution in [0.5, 0.6) is 5.75 Å². The van der Waals surface area contributed by atoms with Crippen molar-refractivity contribution in [3.05, 3.63) is 29.8 Å². The van der Waals surface area contributed by atoms with Crippen molar-refractivity contribution in [3.8, 4) is 11.8 Å². The first kappa shape index (κ1) is 17.0. The number of piperazine rings is 1. The van der Waals surface area contributed by atoms with Crippen LogP contribution in [0.4, 0.5) is 9.18 Å². The molecule has 124 valence electrons. The van der Waals surface area contributed by atoms with E-state index >= 15 is 0 Å². The number of rotatable bonds is 6. The lowest BCUT2D eigenvalue weighted by atomic mass is 10.2. The van der Waals surface area contributed by atoms with Crippen molar-refractivity contribution in [2.24, 2.45) is 0 Å². The summed E-state index contributed by atoms with van der Waals surface area (Å²) in [5.74, 6) is 0.587. The molecule has 1 saturated heterocycles. The number of alkyl halides is 1. The van der Waals surface area contributed by atoms with Crippen molar-refractivity contribution >= 4 is 6.09 Å². The summed E-state index contributed by atoms with van der Waals surface area (Å²) in [5.41, 5.74) is 0.521. The zero-order valence-electron chi connectivity index (χ0n) is 12.9. The van der Waals surface area contributed by atoms with Crippen LogP contribution in [-0.2, 0) is 4.74 Å². The van der Waals surface area contributed by atoms with E-state index in [1.165, 1.54) is 0 Å². The molecule has 1 aromatic rings. The minimum absolute atomic E-state index is 0.189. The summed E-state index contributed by atoms with van der Waals surface area (Å²) in [5, 5.41) is 9.00. The number of para-hydroxylation sites is 1. The Morgan fingerprint density at radius 1 is 1.22 bits per heavy atom. The van der Waals surface area contributed by atoms with Crippen LogP contribution in [0.25, 0.3) is 0 Å². The van der Waals surface area contributed by atoms with E-state index in [4.69, 9.17) is 14.7 Å². The summed E-state index contributed by atoms with van der Waals surface area (Å²) in [4.78, 5) is 15.4. The zero-order valence-corrected chi connectivity index (χ0v) is 12.9.